The Hall–Kier alpha value is -2.20. The zero-order valence-corrected chi connectivity index (χ0v) is 11.6. The van der Waals surface area contributed by atoms with Gasteiger partial charge in [0.1, 0.15) is 5.82 Å². The lowest BCUT2D eigenvalue weighted by Crippen LogP contribution is -2.24. The highest BCUT2D eigenvalue weighted by atomic mass is 35.5. The molecule has 0 amide bonds. The molecule has 1 aromatic carbocycles. The van der Waals surface area contributed by atoms with Gasteiger partial charge in [0.2, 0.25) is 0 Å². The van der Waals surface area contributed by atoms with Crippen molar-refractivity contribution in [2.24, 2.45) is 0 Å². The maximum atomic E-state index is 12.7. The lowest BCUT2D eigenvalue weighted by Gasteiger charge is -2.14. The molecule has 0 spiro atoms. The van der Waals surface area contributed by atoms with E-state index in [1.54, 1.807) is 25.3 Å². The van der Waals surface area contributed by atoms with Crippen LogP contribution in [0.3, 0.4) is 0 Å². The molecule has 0 aliphatic carbocycles. The van der Waals surface area contributed by atoms with Gasteiger partial charge in [0.15, 0.2) is 5.52 Å². The summed E-state index contributed by atoms with van der Waals surface area (Å²) in [5, 5.41) is -0.382. The van der Waals surface area contributed by atoms with Crippen molar-refractivity contribution in [3.8, 4) is 5.69 Å². The van der Waals surface area contributed by atoms with Crippen LogP contribution in [0.1, 0.15) is 18.1 Å². The quantitative estimate of drug-likeness (QED) is 0.680. The molecule has 3 rings (SSSR count). The monoisotopic (exact) mass is 285 g/mol. The van der Waals surface area contributed by atoms with Crippen molar-refractivity contribution in [3.63, 3.8) is 0 Å². The van der Waals surface area contributed by atoms with E-state index in [1.165, 1.54) is 4.57 Å². The maximum Gasteiger partial charge on any atom is 0.284 e. The number of fused-ring (bicyclic) bond motifs is 1. The second-order valence-electron chi connectivity index (χ2n) is 4.43. The van der Waals surface area contributed by atoms with Gasteiger partial charge in [0.25, 0.3) is 5.56 Å². The largest absolute Gasteiger partial charge is 0.284 e. The third kappa shape index (κ3) is 2.08. The van der Waals surface area contributed by atoms with E-state index in [0.29, 0.717) is 16.9 Å². The van der Waals surface area contributed by atoms with Crippen molar-refractivity contribution in [2.45, 2.75) is 12.3 Å². The number of hydrogen-bond acceptors (Lipinski definition) is 3. The zero-order valence-electron chi connectivity index (χ0n) is 10.8. The number of hydrogen-bond donors (Lipinski definition) is 0. The Balaban J connectivity index is 2.43. The second-order valence-corrected chi connectivity index (χ2v) is 5.09. The van der Waals surface area contributed by atoms with Gasteiger partial charge in [-0.15, -0.1) is 11.6 Å². The summed E-state index contributed by atoms with van der Waals surface area (Å²) in [7, 11) is 0. The average molecular weight is 286 g/mol. The summed E-state index contributed by atoms with van der Waals surface area (Å²) in [6, 6.07) is 12.8. The molecular formula is C15H12ClN3O. The Kier molecular flexibility index (Phi) is 3.24. The van der Waals surface area contributed by atoms with Gasteiger partial charge in [-0.3, -0.25) is 9.36 Å². The topological polar surface area (TPSA) is 47.8 Å². The van der Waals surface area contributed by atoms with E-state index in [9.17, 15) is 4.79 Å². The molecule has 0 saturated heterocycles. The molecule has 0 N–H and O–H groups in total. The van der Waals surface area contributed by atoms with Gasteiger partial charge >= 0.3 is 0 Å². The lowest BCUT2D eigenvalue weighted by molar-refractivity contribution is 0.812. The summed E-state index contributed by atoms with van der Waals surface area (Å²) < 4.78 is 1.52. The molecule has 0 radical (unpaired) electrons. The summed E-state index contributed by atoms with van der Waals surface area (Å²) in [6.07, 6.45) is 1.59. The smallest absolute Gasteiger partial charge is 0.266 e. The Bertz CT molecular complexity index is 812. The van der Waals surface area contributed by atoms with Gasteiger partial charge < -0.3 is 0 Å². The fourth-order valence-corrected chi connectivity index (χ4v) is 2.27. The predicted molar refractivity (Wildman–Crippen MR) is 79.4 cm³/mol. The molecule has 2 heterocycles. The zero-order chi connectivity index (χ0) is 14.1. The molecule has 20 heavy (non-hydrogen) atoms. The number of rotatable bonds is 2. The van der Waals surface area contributed by atoms with Crippen molar-refractivity contribution < 1.29 is 0 Å². The highest BCUT2D eigenvalue weighted by Gasteiger charge is 2.16. The predicted octanol–water partition coefficient (Wildman–Crippen LogP) is 3.08. The third-order valence-electron chi connectivity index (χ3n) is 3.03. The highest BCUT2D eigenvalue weighted by Crippen LogP contribution is 2.21. The third-order valence-corrected chi connectivity index (χ3v) is 3.22. The first kappa shape index (κ1) is 12.8. The van der Waals surface area contributed by atoms with Crippen LogP contribution < -0.4 is 5.56 Å². The van der Waals surface area contributed by atoms with E-state index in [4.69, 9.17) is 11.6 Å². The van der Waals surface area contributed by atoms with E-state index >= 15 is 0 Å². The van der Waals surface area contributed by atoms with Crippen LogP contribution in [0, 0.1) is 0 Å². The van der Waals surface area contributed by atoms with Crippen LogP contribution >= 0.6 is 11.6 Å². The van der Waals surface area contributed by atoms with E-state index in [0.717, 1.165) is 5.69 Å². The SMILES string of the molecule is CC(Cl)c1nc2cccnc2c(=O)n1-c1ccccc1. The number of para-hydroxylation sites is 1. The molecule has 100 valence electrons. The number of alkyl halides is 1. The Labute approximate surface area is 120 Å². The molecule has 3 aromatic rings. The van der Waals surface area contributed by atoms with E-state index in [1.807, 2.05) is 30.3 Å². The Morgan fingerprint density at radius 1 is 1.15 bits per heavy atom. The van der Waals surface area contributed by atoms with Crippen LogP contribution in [0.4, 0.5) is 0 Å². The summed E-state index contributed by atoms with van der Waals surface area (Å²) in [5.74, 6) is 0.517. The van der Waals surface area contributed by atoms with Crippen molar-refractivity contribution in [2.75, 3.05) is 0 Å². The summed E-state index contributed by atoms with van der Waals surface area (Å²) in [5.41, 5.74) is 1.44. The highest BCUT2D eigenvalue weighted by molar-refractivity contribution is 6.20. The summed E-state index contributed by atoms with van der Waals surface area (Å²) in [4.78, 5) is 21.3. The molecule has 1 atom stereocenters. The van der Waals surface area contributed by atoms with Crippen molar-refractivity contribution in [3.05, 3.63) is 64.8 Å². The normalized spacial score (nSPS) is 12.5. The molecule has 0 saturated carbocycles. The van der Waals surface area contributed by atoms with Gasteiger partial charge in [0.05, 0.1) is 16.6 Å². The van der Waals surface area contributed by atoms with Gasteiger partial charge in [-0.05, 0) is 31.2 Å². The second kappa shape index (κ2) is 5.06. The van der Waals surface area contributed by atoms with Crippen LogP contribution in [0.5, 0.6) is 0 Å². The van der Waals surface area contributed by atoms with Crippen LogP contribution in [0.25, 0.3) is 16.7 Å². The lowest BCUT2D eigenvalue weighted by atomic mass is 10.2. The maximum absolute atomic E-state index is 12.7. The Morgan fingerprint density at radius 3 is 2.60 bits per heavy atom. The van der Waals surface area contributed by atoms with Crippen LogP contribution in [-0.4, -0.2) is 14.5 Å². The standard InChI is InChI=1S/C15H12ClN3O/c1-10(16)14-18-12-8-5-9-17-13(12)15(20)19(14)11-6-3-2-4-7-11/h2-10H,1H3. The van der Waals surface area contributed by atoms with E-state index < -0.39 is 0 Å². The van der Waals surface area contributed by atoms with Crippen molar-refractivity contribution in [1.82, 2.24) is 14.5 Å². The molecule has 1 unspecified atom stereocenters. The number of nitrogens with zero attached hydrogens (tertiary/aromatic N) is 3. The van der Waals surface area contributed by atoms with Gasteiger partial charge in [0, 0.05) is 6.20 Å². The first-order chi connectivity index (χ1) is 9.68. The molecule has 5 heteroatoms. The van der Waals surface area contributed by atoms with Crippen molar-refractivity contribution in [1.29, 1.82) is 0 Å². The van der Waals surface area contributed by atoms with Crippen LogP contribution in [0.15, 0.2) is 53.5 Å². The van der Waals surface area contributed by atoms with E-state index in [2.05, 4.69) is 9.97 Å². The number of pyridine rings is 1. The van der Waals surface area contributed by atoms with E-state index in [-0.39, 0.29) is 10.9 Å². The minimum Gasteiger partial charge on any atom is -0.266 e. The number of aromatic nitrogens is 3. The summed E-state index contributed by atoms with van der Waals surface area (Å²) >= 11 is 6.19. The van der Waals surface area contributed by atoms with Crippen LogP contribution in [0.2, 0.25) is 0 Å². The molecular weight excluding hydrogens is 274 g/mol. The Morgan fingerprint density at radius 2 is 1.90 bits per heavy atom. The van der Waals surface area contributed by atoms with Crippen LogP contribution in [-0.2, 0) is 0 Å². The molecule has 4 nitrogen and oxygen atoms in total. The minimum absolute atomic E-state index is 0.204. The number of benzene rings is 1. The van der Waals surface area contributed by atoms with Gasteiger partial charge in [-0.25, -0.2) is 9.97 Å². The molecule has 0 aliphatic heterocycles. The average Bonchev–Trinajstić information content (AvgIpc) is 2.48. The fraction of sp³-hybridized carbons (Fsp3) is 0.133. The molecule has 0 fully saturated rings. The molecule has 2 aromatic heterocycles. The molecule has 0 bridgehead atoms. The van der Waals surface area contributed by atoms with Gasteiger partial charge in [-0.1, -0.05) is 18.2 Å². The van der Waals surface area contributed by atoms with Gasteiger partial charge in [-0.2, -0.15) is 0 Å². The minimum atomic E-state index is -0.382. The van der Waals surface area contributed by atoms with Crippen molar-refractivity contribution >= 4 is 22.6 Å². The first-order valence-electron chi connectivity index (χ1n) is 6.25. The number of halogens is 1. The fourth-order valence-electron chi connectivity index (χ4n) is 2.13. The molecule has 0 aliphatic rings. The summed E-state index contributed by atoms with van der Waals surface area (Å²) in [6.45, 7) is 1.80. The first-order valence-corrected chi connectivity index (χ1v) is 6.69.